The molecule has 1 aromatic rings. The lowest BCUT2D eigenvalue weighted by Crippen LogP contribution is -2.48. The molecule has 0 radical (unpaired) electrons. The van der Waals surface area contributed by atoms with Gasteiger partial charge in [0.15, 0.2) is 0 Å². The largest absolute Gasteiger partial charge is 0.460 e. The maximum Gasteiger partial charge on any atom is 0.406 e. The van der Waals surface area contributed by atoms with Crippen molar-refractivity contribution >= 4 is 17.5 Å². The number of rotatable bonds is 4. The first-order valence-electron chi connectivity index (χ1n) is 8.05. The van der Waals surface area contributed by atoms with E-state index in [1.807, 2.05) is 4.90 Å². The molecular weight excluding hydrogens is 361 g/mol. The van der Waals surface area contributed by atoms with Gasteiger partial charge in [-0.05, 0) is 19.3 Å². The van der Waals surface area contributed by atoms with Gasteiger partial charge < -0.3 is 9.64 Å². The van der Waals surface area contributed by atoms with Gasteiger partial charge in [-0.15, -0.1) is 0 Å². The fourth-order valence-electron chi connectivity index (χ4n) is 3.25. The molecule has 6 nitrogen and oxygen atoms in total. The molecular formula is C15H18ClF3N4O2. The van der Waals surface area contributed by atoms with Crippen LogP contribution in [0.15, 0.2) is 12.4 Å². The Morgan fingerprint density at radius 1 is 1.16 bits per heavy atom. The lowest BCUT2D eigenvalue weighted by Gasteiger charge is -2.34. The van der Waals surface area contributed by atoms with E-state index in [0.29, 0.717) is 37.4 Å². The molecule has 10 heteroatoms. The van der Waals surface area contributed by atoms with Crippen LogP contribution in [0.2, 0.25) is 5.02 Å². The molecule has 1 unspecified atom stereocenters. The average molecular weight is 379 g/mol. The Morgan fingerprint density at radius 2 is 1.80 bits per heavy atom. The minimum atomic E-state index is -4.36. The summed E-state index contributed by atoms with van der Waals surface area (Å²) in [6, 6.07) is -0.216. The summed E-state index contributed by atoms with van der Waals surface area (Å²) in [6.45, 7) is 0.164. The summed E-state index contributed by atoms with van der Waals surface area (Å²) in [5, 5.41) is 0.422. The molecule has 0 bridgehead atoms. The third-order valence-electron chi connectivity index (χ3n) is 4.43. The normalized spacial score (nSPS) is 23.3. The fraction of sp³-hybridized carbons (Fsp3) is 0.667. The van der Waals surface area contributed by atoms with E-state index in [1.165, 1.54) is 12.4 Å². The molecule has 2 aliphatic heterocycles. The zero-order chi connectivity index (χ0) is 18.0. The highest BCUT2D eigenvalue weighted by Crippen LogP contribution is 2.26. The molecule has 2 saturated heterocycles. The first-order valence-corrected chi connectivity index (χ1v) is 8.43. The number of likely N-dealkylation sites (tertiary alicyclic amines) is 2. The molecule has 1 aromatic heterocycles. The van der Waals surface area contributed by atoms with E-state index in [0.717, 1.165) is 4.90 Å². The second-order valence-electron chi connectivity index (χ2n) is 6.22. The summed E-state index contributed by atoms with van der Waals surface area (Å²) in [6.07, 6.45) is 0.214. The van der Waals surface area contributed by atoms with E-state index in [1.54, 1.807) is 0 Å². The van der Waals surface area contributed by atoms with E-state index in [9.17, 15) is 18.0 Å². The Morgan fingerprint density at radius 3 is 2.40 bits per heavy atom. The number of aromatic nitrogens is 2. The van der Waals surface area contributed by atoms with E-state index in [4.69, 9.17) is 16.3 Å². The molecule has 2 fully saturated rings. The Labute approximate surface area is 147 Å². The van der Waals surface area contributed by atoms with Crippen LogP contribution >= 0.6 is 11.6 Å². The van der Waals surface area contributed by atoms with Gasteiger partial charge >= 0.3 is 12.2 Å². The number of piperidine rings is 1. The number of carbonyl (C=O) groups is 1. The number of hydrogen-bond acceptors (Lipinski definition) is 5. The van der Waals surface area contributed by atoms with Crippen LogP contribution in [0.5, 0.6) is 6.01 Å². The monoisotopic (exact) mass is 378 g/mol. The van der Waals surface area contributed by atoms with Gasteiger partial charge in [0, 0.05) is 19.6 Å². The molecule has 1 atom stereocenters. The van der Waals surface area contributed by atoms with E-state index >= 15 is 0 Å². The van der Waals surface area contributed by atoms with Crippen LogP contribution in [0.4, 0.5) is 13.2 Å². The first kappa shape index (κ1) is 18.2. The van der Waals surface area contributed by atoms with Gasteiger partial charge in [0.1, 0.15) is 12.6 Å². The van der Waals surface area contributed by atoms with Crippen molar-refractivity contribution < 1.29 is 22.7 Å². The number of amides is 1. The third-order valence-corrected chi connectivity index (χ3v) is 4.62. The van der Waals surface area contributed by atoms with Gasteiger partial charge in [0.25, 0.3) is 0 Å². The third kappa shape index (κ3) is 4.72. The smallest absolute Gasteiger partial charge is 0.406 e. The van der Waals surface area contributed by atoms with Gasteiger partial charge in [-0.2, -0.15) is 13.2 Å². The highest BCUT2D eigenvalue weighted by Gasteiger charge is 2.42. The SMILES string of the molecule is O=C1C(N2CCC(Oc3ncc(Cl)cn3)CC2)CCN1CC(F)(F)F. The van der Waals surface area contributed by atoms with E-state index in [-0.39, 0.29) is 18.7 Å². The van der Waals surface area contributed by atoms with Crippen molar-refractivity contribution in [1.29, 1.82) is 0 Å². The Hall–Kier alpha value is -1.61. The van der Waals surface area contributed by atoms with Crippen LogP contribution in [0.3, 0.4) is 0 Å². The summed E-state index contributed by atoms with van der Waals surface area (Å²) in [7, 11) is 0. The van der Waals surface area contributed by atoms with Crippen molar-refractivity contribution in [3.63, 3.8) is 0 Å². The minimum absolute atomic E-state index is 0.0831. The Bertz CT molecular complexity index is 606. The van der Waals surface area contributed by atoms with Crippen LogP contribution in [0.25, 0.3) is 0 Å². The van der Waals surface area contributed by atoms with Gasteiger partial charge in [-0.3, -0.25) is 9.69 Å². The van der Waals surface area contributed by atoms with Crippen molar-refractivity contribution in [1.82, 2.24) is 19.8 Å². The number of carbonyl (C=O) groups excluding carboxylic acids is 1. The Kier molecular flexibility index (Phi) is 5.33. The summed E-state index contributed by atoms with van der Waals surface area (Å²) in [4.78, 5) is 23.0. The molecule has 138 valence electrons. The zero-order valence-corrected chi connectivity index (χ0v) is 14.1. The van der Waals surface area contributed by atoms with E-state index in [2.05, 4.69) is 9.97 Å². The molecule has 0 spiro atoms. The number of hydrogen-bond donors (Lipinski definition) is 0. The van der Waals surface area contributed by atoms with Crippen molar-refractivity contribution in [2.75, 3.05) is 26.2 Å². The quantitative estimate of drug-likeness (QED) is 0.803. The van der Waals surface area contributed by atoms with Crippen LogP contribution in [0.1, 0.15) is 19.3 Å². The van der Waals surface area contributed by atoms with E-state index < -0.39 is 24.7 Å². The van der Waals surface area contributed by atoms with Crippen molar-refractivity contribution in [3.05, 3.63) is 17.4 Å². The summed E-state index contributed by atoms with van der Waals surface area (Å²) in [5.74, 6) is -0.433. The van der Waals surface area contributed by atoms with Gasteiger partial charge in [0.05, 0.1) is 23.5 Å². The second-order valence-corrected chi connectivity index (χ2v) is 6.65. The highest BCUT2D eigenvalue weighted by atomic mass is 35.5. The van der Waals surface area contributed by atoms with Crippen molar-refractivity contribution in [2.24, 2.45) is 0 Å². The van der Waals surface area contributed by atoms with Gasteiger partial charge in [0.2, 0.25) is 5.91 Å². The minimum Gasteiger partial charge on any atom is -0.460 e. The molecule has 3 heterocycles. The predicted molar refractivity (Wildman–Crippen MR) is 83.3 cm³/mol. The lowest BCUT2D eigenvalue weighted by molar-refractivity contribution is -0.159. The molecule has 0 N–H and O–H groups in total. The maximum absolute atomic E-state index is 12.5. The van der Waals surface area contributed by atoms with Crippen LogP contribution in [0, 0.1) is 0 Å². The first-order chi connectivity index (χ1) is 11.8. The molecule has 3 rings (SSSR count). The average Bonchev–Trinajstić information content (AvgIpc) is 2.90. The molecule has 0 aliphatic carbocycles. The topological polar surface area (TPSA) is 58.6 Å². The standard InChI is InChI=1S/C15H18ClF3N4O2/c16-10-7-20-14(21-8-10)25-11-1-4-22(5-2-11)12-3-6-23(13(12)24)9-15(17,18)19/h7-8,11-12H,1-6,9H2. The summed E-state index contributed by atoms with van der Waals surface area (Å²) >= 11 is 5.72. The number of ether oxygens (including phenoxy) is 1. The number of halogens is 4. The Balaban J connectivity index is 1.49. The zero-order valence-electron chi connectivity index (χ0n) is 13.4. The van der Waals surface area contributed by atoms with Crippen LogP contribution in [-0.4, -0.2) is 70.2 Å². The lowest BCUT2D eigenvalue weighted by atomic mass is 10.0. The highest BCUT2D eigenvalue weighted by molar-refractivity contribution is 6.30. The van der Waals surface area contributed by atoms with Crippen LogP contribution < -0.4 is 4.74 Å². The van der Waals surface area contributed by atoms with Gasteiger partial charge in [-0.25, -0.2) is 9.97 Å². The molecule has 2 aliphatic rings. The fourth-order valence-corrected chi connectivity index (χ4v) is 3.35. The van der Waals surface area contributed by atoms with Crippen molar-refractivity contribution in [2.45, 2.75) is 37.6 Å². The van der Waals surface area contributed by atoms with Crippen LogP contribution in [-0.2, 0) is 4.79 Å². The molecule has 25 heavy (non-hydrogen) atoms. The molecule has 1 amide bonds. The van der Waals surface area contributed by atoms with Crippen molar-refractivity contribution in [3.8, 4) is 6.01 Å². The number of nitrogens with zero attached hydrogens (tertiary/aromatic N) is 4. The number of alkyl halides is 3. The summed E-state index contributed by atoms with van der Waals surface area (Å²) < 4.78 is 43.2. The second kappa shape index (κ2) is 7.33. The van der Waals surface area contributed by atoms with Gasteiger partial charge in [-0.1, -0.05) is 11.6 Å². The summed E-state index contributed by atoms with van der Waals surface area (Å²) in [5.41, 5.74) is 0. The molecule has 0 aromatic carbocycles. The predicted octanol–water partition coefficient (Wildman–Crippen LogP) is 2.14. The molecule has 0 saturated carbocycles. The maximum atomic E-state index is 12.5.